The van der Waals surface area contributed by atoms with Crippen LogP contribution >= 0.6 is 0 Å². The Labute approximate surface area is 378 Å². The molecule has 1 saturated carbocycles. The average molecular weight is 897 g/mol. The predicted octanol–water partition coefficient (Wildman–Crippen LogP) is 5.41. The first-order chi connectivity index (χ1) is 30.2. The molecule has 0 spiro atoms. The Morgan fingerprint density at radius 2 is 1.75 bits per heavy atom. The van der Waals surface area contributed by atoms with Gasteiger partial charge in [0, 0.05) is 36.0 Å². The predicted molar refractivity (Wildman–Crippen MR) is 237 cm³/mol. The summed E-state index contributed by atoms with van der Waals surface area (Å²) in [6, 6.07) is 6.40. The molecular formula is C48H72N4O12. The summed E-state index contributed by atoms with van der Waals surface area (Å²) in [5.74, 6) is -2.72. The molecule has 4 saturated heterocycles. The molecule has 14 atom stereocenters. The number of hydrogen-bond donors (Lipinski definition) is 4. The van der Waals surface area contributed by atoms with Crippen LogP contribution in [-0.2, 0) is 44.5 Å². The molecule has 2 bridgehead atoms. The number of alkyl carbamates (subject to hydrolysis) is 2. The number of ether oxygens (including phenoxy) is 7. The first-order valence-corrected chi connectivity index (χ1v) is 23.0. The third-order valence-electron chi connectivity index (χ3n) is 14.0. The number of hydrogen-bond acceptors (Lipinski definition) is 13. The van der Waals surface area contributed by atoms with Crippen molar-refractivity contribution in [3.8, 4) is 0 Å². The number of carbonyl (C=O) groups excluding carboxylic acids is 4. The third-order valence-corrected chi connectivity index (χ3v) is 14.0. The summed E-state index contributed by atoms with van der Waals surface area (Å²) in [5.41, 5.74) is 0.459. The smallest absolute Gasteiger partial charge is 0.408 e. The minimum Gasteiger partial charge on any atom is -0.458 e. The summed E-state index contributed by atoms with van der Waals surface area (Å²) in [6.45, 7) is 19.9. The van der Waals surface area contributed by atoms with Crippen LogP contribution in [0.25, 0.3) is 0 Å². The van der Waals surface area contributed by atoms with Crippen molar-refractivity contribution in [3.05, 3.63) is 59.2 Å². The largest absolute Gasteiger partial charge is 0.458 e. The molecule has 64 heavy (non-hydrogen) atoms. The van der Waals surface area contributed by atoms with Crippen molar-refractivity contribution < 1.29 is 57.4 Å². The minimum absolute atomic E-state index is 0.107. The molecule has 3 amide bonds. The molecule has 5 aliphatic rings. The minimum atomic E-state index is -1.28. The number of cyclic esters (lactones) is 1. The van der Waals surface area contributed by atoms with E-state index < -0.39 is 83.9 Å². The summed E-state index contributed by atoms with van der Waals surface area (Å²) in [7, 11) is 3.83. The Balaban J connectivity index is 1.33. The van der Waals surface area contributed by atoms with Crippen LogP contribution < -0.4 is 16.0 Å². The van der Waals surface area contributed by atoms with E-state index in [1.807, 2.05) is 59.7 Å². The average Bonchev–Trinajstić information content (AvgIpc) is 4.01. The molecule has 16 heteroatoms. The fourth-order valence-corrected chi connectivity index (χ4v) is 10.2. The molecule has 4 N–H and O–H groups in total. The highest BCUT2D eigenvalue weighted by Gasteiger charge is 2.57. The van der Waals surface area contributed by atoms with Crippen LogP contribution in [0, 0.1) is 23.7 Å². The normalized spacial score (nSPS) is 38.1. The molecule has 1 aromatic rings. The van der Waals surface area contributed by atoms with Crippen LogP contribution in [0.3, 0.4) is 0 Å². The molecule has 3 unspecified atom stereocenters. The van der Waals surface area contributed by atoms with E-state index in [2.05, 4.69) is 29.5 Å². The van der Waals surface area contributed by atoms with Crippen LogP contribution in [0.4, 0.5) is 9.59 Å². The number of benzene rings is 1. The molecule has 1 aliphatic carbocycles. The van der Waals surface area contributed by atoms with Crippen LogP contribution in [-0.4, -0.2) is 134 Å². The molecule has 4 aliphatic heterocycles. The van der Waals surface area contributed by atoms with Gasteiger partial charge in [0.1, 0.15) is 18.8 Å². The van der Waals surface area contributed by atoms with Crippen molar-refractivity contribution in [1.82, 2.24) is 20.9 Å². The second-order valence-corrected chi connectivity index (χ2v) is 19.4. The van der Waals surface area contributed by atoms with Gasteiger partial charge in [0.15, 0.2) is 11.9 Å². The number of nitrogens with one attached hydrogen (secondary N) is 3. The van der Waals surface area contributed by atoms with Gasteiger partial charge in [0.2, 0.25) is 0 Å². The second-order valence-electron chi connectivity index (χ2n) is 19.4. The van der Waals surface area contributed by atoms with E-state index >= 15 is 0 Å². The lowest BCUT2D eigenvalue weighted by Gasteiger charge is -2.49. The molecule has 5 fully saturated rings. The number of likely N-dealkylation sites (N-methyl/N-ethyl adjacent to an activating group) is 1. The van der Waals surface area contributed by atoms with E-state index in [1.54, 1.807) is 38.1 Å². The van der Waals surface area contributed by atoms with Crippen molar-refractivity contribution >= 4 is 24.1 Å². The van der Waals surface area contributed by atoms with Crippen molar-refractivity contribution in [2.75, 3.05) is 33.9 Å². The van der Waals surface area contributed by atoms with E-state index in [4.69, 9.17) is 33.2 Å². The van der Waals surface area contributed by atoms with Gasteiger partial charge < -0.3 is 59.1 Å². The molecular weight excluding hydrogens is 825 g/mol. The molecule has 0 radical (unpaired) electrons. The highest BCUT2D eigenvalue weighted by molar-refractivity contribution is 5.94. The zero-order valence-corrected chi connectivity index (χ0v) is 39.3. The van der Waals surface area contributed by atoms with Gasteiger partial charge in [-0.1, -0.05) is 52.0 Å². The first kappa shape index (κ1) is 49.4. The highest BCUT2D eigenvalue weighted by Crippen LogP contribution is 2.44. The second kappa shape index (κ2) is 20.6. The highest BCUT2D eigenvalue weighted by atomic mass is 16.7. The van der Waals surface area contributed by atoms with E-state index in [9.17, 15) is 24.3 Å². The standard InChI is InChI=1S/C48H72N4O12/c1-12-37-48(9)40(51-46(57)64-48)29(5)35(19-20-58-45(56)49-23-32-13-15-33(16-14-32)42(54)50-34-17-18-34)27(3)22-47(8)41(63-44-38(53)36(52(10)11)21-28(4)61-44)30(6)39(31(7)43(55)62-37)59-24-26(2)25-60-47/h13-16,19,27-31,34,36-41,44,53H,2,12,17-18,20-25H2,1,3-11H3,(H,49,56)(H,50,54)(H,51,57)/b35-19+/t27-,28-,29+,30+,31-,36+,37-,38-,39?,40?,41-,44?,47-,48-/m1/s1. The fourth-order valence-electron chi connectivity index (χ4n) is 10.2. The summed E-state index contributed by atoms with van der Waals surface area (Å²) in [5, 5.41) is 20.5. The van der Waals surface area contributed by atoms with Crippen LogP contribution in [0.5, 0.6) is 0 Å². The number of esters is 1. The van der Waals surface area contributed by atoms with E-state index in [-0.39, 0.29) is 56.4 Å². The topological polar surface area (TPSA) is 192 Å². The van der Waals surface area contributed by atoms with Crippen LogP contribution in [0.15, 0.2) is 48.1 Å². The van der Waals surface area contributed by atoms with Crippen LogP contribution in [0.2, 0.25) is 0 Å². The van der Waals surface area contributed by atoms with Gasteiger partial charge in [-0.3, -0.25) is 9.59 Å². The van der Waals surface area contributed by atoms with E-state index in [0.717, 1.165) is 24.0 Å². The summed E-state index contributed by atoms with van der Waals surface area (Å²) in [6.07, 6.45) is -0.778. The third kappa shape index (κ3) is 11.3. The number of amides is 3. The quantitative estimate of drug-likeness (QED) is 0.133. The van der Waals surface area contributed by atoms with Gasteiger partial charge in [-0.2, -0.15) is 0 Å². The lowest BCUT2D eigenvalue weighted by molar-refractivity contribution is -0.302. The van der Waals surface area contributed by atoms with Gasteiger partial charge in [-0.15, -0.1) is 0 Å². The van der Waals surface area contributed by atoms with Crippen LogP contribution in [0.1, 0.15) is 103 Å². The number of carbonyl (C=O) groups is 4. The maximum atomic E-state index is 14.4. The fraction of sp³-hybridized carbons (Fsp3) is 0.708. The lowest BCUT2D eigenvalue weighted by Crippen LogP contribution is -2.60. The maximum absolute atomic E-state index is 14.4. The van der Waals surface area contributed by atoms with Gasteiger partial charge in [0.05, 0.1) is 49.1 Å². The van der Waals surface area contributed by atoms with E-state index in [1.165, 1.54) is 0 Å². The number of aliphatic hydroxyl groups excluding tert-OH is 1. The monoisotopic (exact) mass is 897 g/mol. The Bertz CT molecular complexity index is 1870. The molecule has 0 aromatic heterocycles. The molecule has 6 rings (SSSR count). The van der Waals surface area contributed by atoms with Crippen molar-refractivity contribution in [1.29, 1.82) is 0 Å². The Morgan fingerprint density at radius 1 is 1.05 bits per heavy atom. The van der Waals surface area contributed by atoms with Gasteiger partial charge in [-0.05, 0) is 109 Å². The SMILES string of the molecule is C=C1COC2[C@@H](C)C(=O)O[C@H](CC)[C@@]3(C)OC(=O)NC3[C@@H](C)/C(=C/COC(=O)NCc3ccc(C(=O)NC4CC4)cc3)[C@H](C)C[C@@](C)(OC1)[C@H](OC1O[C@H](C)C[C@H](N(C)C)[C@H]1O)[C@H]2C. The maximum Gasteiger partial charge on any atom is 0.408 e. The Morgan fingerprint density at radius 3 is 2.41 bits per heavy atom. The lowest BCUT2D eigenvalue weighted by atomic mass is 9.71. The molecule has 4 heterocycles. The molecule has 1 aromatic carbocycles. The summed E-state index contributed by atoms with van der Waals surface area (Å²) < 4.78 is 44.9. The summed E-state index contributed by atoms with van der Waals surface area (Å²) in [4.78, 5) is 55.1. The Kier molecular flexibility index (Phi) is 15.9. The van der Waals surface area contributed by atoms with Crippen molar-refractivity contribution in [2.24, 2.45) is 23.7 Å². The van der Waals surface area contributed by atoms with Gasteiger partial charge >= 0.3 is 18.2 Å². The molecule has 16 nitrogen and oxygen atoms in total. The van der Waals surface area contributed by atoms with Gasteiger partial charge in [-0.25, -0.2) is 9.59 Å². The number of nitrogens with zero attached hydrogens (tertiary/aromatic N) is 1. The van der Waals surface area contributed by atoms with Gasteiger partial charge in [0.25, 0.3) is 5.91 Å². The molecule has 356 valence electrons. The van der Waals surface area contributed by atoms with E-state index in [0.29, 0.717) is 30.4 Å². The van der Waals surface area contributed by atoms with Crippen molar-refractivity contribution in [2.45, 2.75) is 160 Å². The number of fused-ring (bicyclic) bond motifs is 4. The number of rotatable bonds is 10. The first-order valence-electron chi connectivity index (χ1n) is 23.0. The zero-order valence-electron chi connectivity index (χ0n) is 39.3. The number of aliphatic hydroxyl groups is 1. The van der Waals surface area contributed by atoms with Crippen molar-refractivity contribution in [3.63, 3.8) is 0 Å². The zero-order chi connectivity index (χ0) is 46.7. The summed E-state index contributed by atoms with van der Waals surface area (Å²) >= 11 is 0. The Hall–Kier alpha value is -4.06.